The number of carbonyl (C=O) groups excluding carboxylic acids is 1. The highest BCUT2D eigenvalue weighted by Crippen LogP contribution is 2.31. The zero-order valence-corrected chi connectivity index (χ0v) is 11.5. The van der Waals surface area contributed by atoms with Crippen LogP contribution < -0.4 is 9.47 Å². The number of carbonyl (C=O) groups is 1. The van der Waals surface area contributed by atoms with E-state index in [-0.39, 0.29) is 5.97 Å². The summed E-state index contributed by atoms with van der Waals surface area (Å²) < 4.78 is 14.9. The van der Waals surface area contributed by atoms with Crippen molar-refractivity contribution in [3.05, 3.63) is 23.8 Å². The summed E-state index contributed by atoms with van der Waals surface area (Å²) in [4.78, 5) is 11.0. The van der Waals surface area contributed by atoms with Crippen LogP contribution in [-0.2, 0) is 9.53 Å². The van der Waals surface area contributed by atoms with Crippen LogP contribution >= 0.6 is 0 Å². The van der Waals surface area contributed by atoms with Gasteiger partial charge in [-0.3, -0.25) is 4.79 Å². The molecule has 5 nitrogen and oxygen atoms in total. The Hall–Kier alpha value is -1.75. The lowest BCUT2D eigenvalue weighted by molar-refractivity contribution is -0.140. The number of aliphatic hydroxyl groups is 1. The predicted molar refractivity (Wildman–Crippen MR) is 70.4 cm³/mol. The Bertz CT molecular complexity index is 416. The average molecular weight is 268 g/mol. The zero-order valence-electron chi connectivity index (χ0n) is 11.5. The van der Waals surface area contributed by atoms with Crippen molar-refractivity contribution in [1.82, 2.24) is 0 Å². The number of methoxy groups -OCH3 is 3. The predicted octanol–water partition coefficient (Wildman–Crippen LogP) is 2.08. The lowest BCUT2D eigenvalue weighted by Gasteiger charge is -2.15. The second-order valence-corrected chi connectivity index (χ2v) is 4.09. The number of ether oxygens (including phenoxy) is 3. The van der Waals surface area contributed by atoms with Gasteiger partial charge in [-0.15, -0.1) is 0 Å². The molecule has 0 aromatic heterocycles. The van der Waals surface area contributed by atoms with Gasteiger partial charge < -0.3 is 19.3 Å². The van der Waals surface area contributed by atoms with Crippen LogP contribution in [0.1, 0.15) is 30.9 Å². The number of esters is 1. The van der Waals surface area contributed by atoms with Gasteiger partial charge in [-0.05, 0) is 25.0 Å². The van der Waals surface area contributed by atoms with Gasteiger partial charge in [-0.1, -0.05) is 0 Å². The normalized spacial score (nSPS) is 11.8. The van der Waals surface area contributed by atoms with Crippen molar-refractivity contribution in [2.24, 2.45) is 0 Å². The summed E-state index contributed by atoms with van der Waals surface area (Å²) in [6, 6.07) is 5.25. The van der Waals surface area contributed by atoms with Crippen molar-refractivity contribution in [3.8, 4) is 11.5 Å². The molecule has 0 radical (unpaired) electrons. The van der Waals surface area contributed by atoms with E-state index in [4.69, 9.17) is 9.47 Å². The van der Waals surface area contributed by atoms with Crippen LogP contribution in [0.5, 0.6) is 11.5 Å². The van der Waals surface area contributed by atoms with E-state index in [9.17, 15) is 9.90 Å². The van der Waals surface area contributed by atoms with Crippen LogP contribution in [0.15, 0.2) is 18.2 Å². The minimum absolute atomic E-state index is 0.270. The molecular formula is C14H20O5. The number of hydrogen-bond acceptors (Lipinski definition) is 5. The van der Waals surface area contributed by atoms with Gasteiger partial charge in [0.15, 0.2) is 0 Å². The van der Waals surface area contributed by atoms with E-state index < -0.39 is 6.10 Å². The topological polar surface area (TPSA) is 65.0 Å². The summed E-state index contributed by atoms with van der Waals surface area (Å²) in [7, 11) is 4.46. The second-order valence-electron chi connectivity index (χ2n) is 4.09. The Morgan fingerprint density at radius 3 is 2.58 bits per heavy atom. The summed E-state index contributed by atoms with van der Waals surface area (Å²) >= 11 is 0. The Morgan fingerprint density at radius 2 is 2.00 bits per heavy atom. The molecule has 1 rings (SSSR count). The molecule has 0 bridgehead atoms. The molecule has 0 saturated heterocycles. The summed E-state index contributed by atoms with van der Waals surface area (Å²) in [6.45, 7) is 0. The molecule has 0 heterocycles. The minimum Gasteiger partial charge on any atom is -0.497 e. The lowest BCUT2D eigenvalue weighted by Crippen LogP contribution is -2.04. The largest absolute Gasteiger partial charge is 0.497 e. The van der Waals surface area contributed by atoms with Crippen LogP contribution in [0.4, 0.5) is 0 Å². The summed E-state index contributed by atoms with van der Waals surface area (Å²) in [5.41, 5.74) is 0.688. The monoisotopic (exact) mass is 268 g/mol. The summed E-state index contributed by atoms with van der Waals surface area (Å²) in [5.74, 6) is 0.973. The summed E-state index contributed by atoms with van der Waals surface area (Å²) in [5, 5.41) is 10.1. The molecule has 0 aliphatic heterocycles. The van der Waals surface area contributed by atoms with E-state index in [1.807, 2.05) is 0 Å². The van der Waals surface area contributed by atoms with Gasteiger partial charge in [-0.2, -0.15) is 0 Å². The number of benzene rings is 1. The molecule has 1 unspecified atom stereocenters. The molecule has 1 aromatic carbocycles. The fourth-order valence-electron chi connectivity index (χ4n) is 1.79. The average Bonchev–Trinajstić information content (AvgIpc) is 2.45. The Kier molecular flexibility index (Phi) is 6.15. The molecule has 0 amide bonds. The van der Waals surface area contributed by atoms with E-state index in [0.717, 1.165) is 0 Å². The molecule has 19 heavy (non-hydrogen) atoms. The standard InChI is InChI=1S/C14H20O5/c1-17-10-7-8-11(13(9-10)18-2)12(15)5-4-6-14(16)19-3/h7-9,12,15H,4-6H2,1-3H3. The highest BCUT2D eigenvalue weighted by Gasteiger charge is 2.14. The lowest BCUT2D eigenvalue weighted by atomic mass is 10.0. The van der Waals surface area contributed by atoms with Gasteiger partial charge in [0.25, 0.3) is 0 Å². The third-order valence-electron chi connectivity index (χ3n) is 2.89. The van der Waals surface area contributed by atoms with Crippen LogP contribution in [0.25, 0.3) is 0 Å². The van der Waals surface area contributed by atoms with Crippen molar-refractivity contribution in [3.63, 3.8) is 0 Å². The van der Waals surface area contributed by atoms with Crippen molar-refractivity contribution >= 4 is 5.97 Å². The van der Waals surface area contributed by atoms with Crippen molar-refractivity contribution < 1.29 is 24.1 Å². The number of rotatable bonds is 7. The molecule has 0 spiro atoms. The zero-order chi connectivity index (χ0) is 14.3. The number of hydrogen-bond donors (Lipinski definition) is 1. The van der Waals surface area contributed by atoms with Gasteiger partial charge in [0, 0.05) is 18.1 Å². The van der Waals surface area contributed by atoms with E-state index >= 15 is 0 Å². The molecule has 1 N–H and O–H groups in total. The molecular weight excluding hydrogens is 248 g/mol. The molecule has 106 valence electrons. The van der Waals surface area contributed by atoms with Crippen molar-refractivity contribution in [2.45, 2.75) is 25.4 Å². The number of aliphatic hydroxyl groups excluding tert-OH is 1. The molecule has 0 saturated carbocycles. The Labute approximate surface area is 113 Å². The maximum absolute atomic E-state index is 11.0. The van der Waals surface area contributed by atoms with Gasteiger partial charge >= 0.3 is 5.97 Å². The van der Waals surface area contributed by atoms with Crippen molar-refractivity contribution in [2.75, 3.05) is 21.3 Å². The first kappa shape index (κ1) is 15.3. The molecule has 1 aromatic rings. The van der Waals surface area contributed by atoms with E-state index in [0.29, 0.717) is 36.3 Å². The third-order valence-corrected chi connectivity index (χ3v) is 2.89. The highest BCUT2D eigenvalue weighted by atomic mass is 16.5. The molecule has 0 fully saturated rings. The fourth-order valence-corrected chi connectivity index (χ4v) is 1.79. The van der Waals surface area contributed by atoms with Crippen LogP contribution in [0.3, 0.4) is 0 Å². The maximum atomic E-state index is 11.0. The van der Waals surface area contributed by atoms with E-state index in [1.165, 1.54) is 7.11 Å². The third kappa shape index (κ3) is 4.44. The Morgan fingerprint density at radius 1 is 1.26 bits per heavy atom. The fraction of sp³-hybridized carbons (Fsp3) is 0.500. The van der Waals surface area contributed by atoms with E-state index in [1.54, 1.807) is 32.4 Å². The molecule has 5 heteroatoms. The van der Waals surface area contributed by atoms with Crippen molar-refractivity contribution in [1.29, 1.82) is 0 Å². The highest BCUT2D eigenvalue weighted by molar-refractivity contribution is 5.69. The van der Waals surface area contributed by atoms with Gasteiger partial charge in [-0.25, -0.2) is 0 Å². The van der Waals surface area contributed by atoms with Crippen LogP contribution in [-0.4, -0.2) is 32.4 Å². The SMILES string of the molecule is COC(=O)CCCC(O)c1ccc(OC)cc1OC. The first-order valence-electron chi connectivity index (χ1n) is 6.09. The minimum atomic E-state index is -0.675. The van der Waals surface area contributed by atoms with Crippen LogP contribution in [0.2, 0.25) is 0 Å². The van der Waals surface area contributed by atoms with E-state index in [2.05, 4.69) is 4.74 Å². The van der Waals surface area contributed by atoms with Crippen LogP contribution in [0, 0.1) is 0 Å². The van der Waals surface area contributed by atoms with Gasteiger partial charge in [0.05, 0.1) is 27.4 Å². The smallest absolute Gasteiger partial charge is 0.305 e. The Balaban J connectivity index is 2.65. The molecule has 0 aliphatic rings. The quantitative estimate of drug-likeness (QED) is 0.767. The van der Waals surface area contributed by atoms with Gasteiger partial charge in [0.2, 0.25) is 0 Å². The first-order valence-corrected chi connectivity index (χ1v) is 6.09. The summed E-state index contributed by atoms with van der Waals surface area (Å²) in [6.07, 6.45) is 0.651. The molecule has 0 aliphatic carbocycles. The molecule has 1 atom stereocenters. The maximum Gasteiger partial charge on any atom is 0.305 e. The second kappa shape index (κ2) is 7.63. The van der Waals surface area contributed by atoms with Gasteiger partial charge in [0.1, 0.15) is 11.5 Å². The first-order chi connectivity index (χ1) is 9.12.